The van der Waals surface area contributed by atoms with Gasteiger partial charge in [-0.3, -0.25) is 0 Å². The van der Waals surface area contributed by atoms with Gasteiger partial charge in [0.2, 0.25) is 0 Å². The Labute approximate surface area is 123 Å². The van der Waals surface area contributed by atoms with Gasteiger partial charge in [-0.25, -0.2) is 0 Å². The molecule has 2 bridgehead atoms. The smallest absolute Gasteiger partial charge is 0.0361 e. The van der Waals surface area contributed by atoms with Gasteiger partial charge in [-0.2, -0.15) is 0 Å². The standard InChI is InChI=1S/C18H28N2/c1-13(18-11-15-4-7-16(18)10-15)19-12-14-5-8-17(9-6-14)20(2)3/h5-6,8-9,13,15-16,18-19H,4,7,10-12H2,1-3H3/t13-,15+,16+,18+/m0/s1. The molecule has 2 heteroatoms. The summed E-state index contributed by atoms with van der Waals surface area (Å²) in [7, 11) is 4.18. The Morgan fingerprint density at radius 3 is 2.45 bits per heavy atom. The summed E-state index contributed by atoms with van der Waals surface area (Å²) < 4.78 is 0. The average Bonchev–Trinajstić information content (AvgIpc) is 3.08. The van der Waals surface area contributed by atoms with Crippen LogP contribution in [0.3, 0.4) is 0 Å². The average molecular weight is 272 g/mol. The molecule has 110 valence electrons. The second-order valence-corrected chi connectivity index (χ2v) is 7.07. The van der Waals surface area contributed by atoms with Crippen molar-refractivity contribution < 1.29 is 0 Å². The minimum atomic E-state index is 0.666. The minimum absolute atomic E-state index is 0.666. The molecule has 0 aromatic heterocycles. The van der Waals surface area contributed by atoms with Crippen molar-refractivity contribution in [3.63, 3.8) is 0 Å². The maximum Gasteiger partial charge on any atom is 0.0361 e. The first kappa shape index (κ1) is 13.9. The summed E-state index contributed by atoms with van der Waals surface area (Å²) in [6.07, 6.45) is 5.96. The van der Waals surface area contributed by atoms with Crippen molar-refractivity contribution in [2.24, 2.45) is 17.8 Å². The Morgan fingerprint density at radius 2 is 1.90 bits per heavy atom. The van der Waals surface area contributed by atoms with Crippen LogP contribution in [0.2, 0.25) is 0 Å². The third-order valence-corrected chi connectivity index (χ3v) is 5.52. The van der Waals surface area contributed by atoms with E-state index in [0.29, 0.717) is 6.04 Å². The molecular formula is C18H28N2. The quantitative estimate of drug-likeness (QED) is 0.880. The van der Waals surface area contributed by atoms with Crippen molar-refractivity contribution in [1.29, 1.82) is 0 Å². The van der Waals surface area contributed by atoms with Gasteiger partial charge in [0, 0.05) is 32.4 Å². The van der Waals surface area contributed by atoms with Crippen molar-refractivity contribution in [2.75, 3.05) is 19.0 Å². The van der Waals surface area contributed by atoms with Crippen LogP contribution in [0, 0.1) is 17.8 Å². The second-order valence-electron chi connectivity index (χ2n) is 7.07. The van der Waals surface area contributed by atoms with Gasteiger partial charge in [-0.1, -0.05) is 18.6 Å². The molecule has 3 rings (SSSR count). The molecule has 0 aliphatic heterocycles. The summed E-state index contributed by atoms with van der Waals surface area (Å²) in [4.78, 5) is 2.15. The lowest BCUT2D eigenvalue weighted by Gasteiger charge is -2.28. The Hall–Kier alpha value is -1.02. The van der Waals surface area contributed by atoms with Crippen LogP contribution in [0.4, 0.5) is 5.69 Å². The number of rotatable bonds is 5. The predicted octanol–water partition coefficient (Wildman–Crippen LogP) is 3.67. The van der Waals surface area contributed by atoms with Crippen molar-refractivity contribution in [2.45, 2.75) is 45.2 Å². The fraction of sp³-hybridized carbons (Fsp3) is 0.667. The van der Waals surface area contributed by atoms with E-state index in [1.165, 1.54) is 36.9 Å². The Balaban J connectivity index is 1.51. The highest BCUT2D eigenvalue weighted by Crippen LogP contribution is 2.49. The number of benzene rings is 1. The molecule has 1 N–H and O–H groups in total. The van der Waals surface area contributed by atoms with Crippen LogP contribution in [-0.4, -0.2) is 20.1 Å². The molecule has 0 unspecified atom stereocenters. The van der Waals surface area contributed by atoms with Gasteiger partial charge in [0.1, 0.15) is 0 Å². The van der Waals surface area contributed by atoms with Crippen molar-refractivity contribution in [3.8, 4) is 0 Å². The lowest BCUT2D eigenvalue weighted by molar-refractivity contribution is 0.259. The van der Waals surface area contributed by atoms with Crippen LogP contribution in [0.1, 0.15) is 38.2 Å². The Morgan fingerprint density at radius 1 is 1.15 bits per heavy atom. The van der Waals surface area contributed by atoms with Gasteiger partial charge >= 0.3 is 0 Å². The van der Waals surface area contributed by atoms with Gasteiger partial charge in [0.25, 0.3) is 0 Å². The number of fused-ring (bicyclic) bond motifs is 2. The first-order valence-corrected chi connectivity index (χ1v) is 8.13. The number of hydrogen-bond donors (Lipinski definition) is 1. The van der Waals surface area contributed by atoms with Crippen LogP contribution in [0.25, 0.3) is 0 Å². The molecule has 1 aromatic carbocycles. The third-order valence-electron chi connectivity index (χ3n) is 5.52. The molecular weight excluding hydrogens is 244 g/mol. The van der Waals surface area contributed by atoms with Gasteiger partial charge in [-0.05, 0) is 61.6 Å². The molecule has 2 saturated carbocycles. The molecule has 4 atom stereocenters. The summed E-state index contributed by atoms with van der Waals surface area (Å²) in [6, 6.07) is 9.57. The molecule has 0 spiro atoms. The van der Waals surface area contributed by atoms with E-state index < -0.39 is 0 Å². The maximum atomic E-state index is 3.76. The van der Waals surface area contributed by atoms with E-state index in [1.54, 1.807) is 0 Å². The number of hydrogen-bond acceptors (Lipinski definition) is 2. The fourth-order valence-electron chi connectivity index (χ4n) is 4.25. The second kappa shape index (κ2) is 5.77. The molecule has 0 saturated heterocycles. The van der Waals surface area contributed by atoms with E-state index >= 15 is 0 Å². The lowest BCUT2D eigenvalue weighted by Crippen LogP contribution is -2.35. The number of nitrogens with one attached hydrogen (secondary N) is 1. The Bertz CT molecular complexity index is 437. The van der Waals surface area contributed by atoms with Crippen molar-refractivity contribution in [3.05, 3.63) is 29.8 Å². The van der Waals surface area contributed by atoms with Crippen LogP contribution in [0.15, 0.2) is 24.3 Å². The van der Waals surface area contributed by atoms with Crippen molar-refractivity contribution in [1.82, 2.24) is 5.32 Å². The summed E-state index contributed by atoms with van der Waals surface area (Å²) >= 11 is 0. The zero-order valence-corrected chi connectivity index (χ0v) is 13.1. The predicted molar refractivity (Wildman–Crippen MR) is 86.0 cm³/mol. The number of anilines is 1. The van der Waals surface area contributed by atoms with E-state index in [-0.39, 0.29) is 0 Å². The van der Waals surface area contributed by atoms with Gasteiger partial charge in [0.05, 0.1) is 0 Å². The SMILES string of the molecule is C[C@H](NCc1ccc(N(C)C)cc1)[C@H]1C[C@@H]2CC[C@@H]1C2. The molecule has 0 heterocycles. The van der Waals surface area contributed by atoms with E-state index in [1.807, 2.05) is 0 Å². The molecule has 2 nitrogen and oxygen atoms in total. The monoisotopic (exact) mass is 272 g/mol. The highest BCUT2D eigenvalue weighted by atomic mass is 15.1. The first-order valence-electron chi connectivity index (χ1n) is 8.13. The fourth-order valence-corrected chi connectivity index (χ4v) is 4.25. The molecule has 2 fully saturated rings. The lowest BCUT2D eigenvalue weighted by atomic mass is 9.84. The molecule has 0 radical (unpaired) electrons. The largest absolute Gasteiger partial charge is 0.378 e. The zero-order chi connectivity index (χ0) is 14.1. The zero-order valence-electron chi connectivity index (χ0n) is 13.1. The Kier molecular flexibility index (Phi) is 4.02. The normalized spacial score (nSPS) is 29.6. The molecule has 2 aliphatic carbocycles. The van der Waals surface area contributed by atoms with Crippen LogP contribution in [-0.2, 0) is 6.54 Å². The maximum absolute atomic E-state index is 3.76. The van der Waals surface area contributed by atoms with Crippen LogP contribution >= 0.6 is 0 Å². The van der Waals surface area contributed by atoms with E-state index in [4.69, 9.17) is 0 Å². The summed E-state index contributed by atoms with van der Waals surface area (Å²) in [5.74, 6) is 2.99. The van der Waals surface area contributed by atoms with Gasteiger partial charge < -0.3 is 10.2 Å². The summed E-state index contributed by atoms with van der Waals surface area (Å²) in [5, 5.41) is 3.76. The number of nitrogens with zero attached hydrogens (tertiary/aromatic N) is 1. The highest BCUT2D eigenvalue weighted by Gasteiger charge is 2.41. The summed E-state index contributed by atoms with van der Waals surface area (Å²) in [6.45, 7) is 3.39. The first-order chi connectivity index (χ1) is 9.63. The van der Waals surface area contributed by atoms with Gasteiger partial charge in [-0.15, -0.1) is 0 Å². The topological polar surface area (TPSA) is 15.3 Å². The summed E-state index contributed by atoms with van der Waals surface area (Å²) in [5.41, 5.74) is 2.67. The molecule has 0 amide bonds. The molecule has 2 aliphatic rings. The van der Waals surface area contributed by atoms with E-state index in [2.05, 4.69) is 55.5 Å². The highest BCUT2D eigenvalue weighted by molar-refractivity contribution is 5.45. The van der Waals surface area contributed by atoms with E-state index in [9.17, 15) is 0 Å². The minimum Gasteiger partial charge on any atom is -0.378 e. The van der Waals surface area contributed by atoms with Gasteiger partial charge in [0.15, 0.2) is 0 Å². The van der Waals surface area contributed by atoms with Crippen LogP contribution < -0.4 is 10.2 Å². The third kappa shape index (κ3) is 2.85. The van der Waals surface area contributed by atoms with E-state index in [0.717, 1.165) is 24.3 Å². The molecule has 20 heavy (non-hydrogen) atoms. The molecule has 1 aromatic rings. The van der Waals surface area contributed by atoms with Crippen LogP contribution in [0.5, 0.6) is 0 Å². The van der Waals surface area contributed by atoms with Crippen molar-refractivity contribution >= 4 is 5.69 Å².